The number of benzene rings is 2. The van der Waals surface area contributed by atoms with Crippen LogP contribution in [0.15, 0.2) is 36.4 Å². The van der Waals surface area contributed by atoms with Crippen LogP contribution in [0.3, 0.4) is 0 Å². The van der Waals surface area contributed by atoms with Gasteiger partial charge in [0.15, 0.2) is 5.78 Å². The Morgan fingerprint density at radius 3 is 2.33 bits per heavy atom. The second-order valence-electron chi connectivity index (χ2n) is 6.82. The SMILES string of the molecule is COc1ccc2cc(C(=O)CC(C)C(C)(C)C)ccc2c1. The highest BCUT2D eigenvalue weighted by Crippen LogP contribution is 2.30. The molecule has 0 saturated carbocycles. The summed E-state index contributed by atoms with van der Waals surface area (Å²) in [6.07, 6.45) is 0.588. The molecule has 2 heteroatoms. The minimum absolute atomic E-state index is 0.153. The van der Waals surface area contributed by atoms with Crippen LogP contribution in [-0.2, 0) is 0 Å². The van der Waals surface area contributed by atoms with Crippen molar-refractivity contribution in [3.8, 4) is 5.75 Å². The predicted octanol–water partition coefficient (Wildman–Crippen LogP) is 5.10. The van der Waals surface area contributed by atoms with Crippen molar-refractivity contribution in [3.05, 3.63) is 42.0 Å². The van der Waals surface area contributed by atoms with Crippen LogP contribution in [0.5, 0.6) is 5.75 Å². The van der Waals surface area contributed by atoms with Crippen LogP contribution in [-0.4, -0.2) is 12.9 Å². The molecule has 0 aliphatic rings. The Balaban J connectivity index is 2.24. The highest BCUT2D eigenvalue weighted by atomic mass is 16.5. The van der Waals surface area contributed by atoms with E-state index in [-0.39, 0.29) is 11.2 Å². The van der Waals surface area contributed by atoms with Gasteiger partial charge in [0.25, 0.3) is 0 Å². The summed E-state index contributed by atoms with van der Waals surface area (Å²) in [5, 5.41) is 2.17. The third kappa shape index (κ3) is 3.63. The van der Waals surface area contributed by atoms with Crippen LogP contribution in [0.2, 0.25) is 0 Å². The van der Waals surface area contributed by atoms with E-state index >= 15 is 0 Å². The molecule has 0 aromatic heterocycles. The smallest absolute Gasteiger partial charge is 0.163 e. The molecule has 0 radical (unpaired) electrons. The van der Waals surface area contributed by atoms with Crippen molar-refractivity contribution in [3.63, 3.8) is 0 Å². The Morgan fingerprint density at radius 1 is 1.10 bits per heavy atom. The number of fused-ring (bicyclic) bond motifs is 1. The molecule has 2 rings (SSSR count). The molecule has 112 valence electrons. The van der Waals surface area contributed by atoms with Crippen LogP contribution >= 0.6 is 0 Å². The fourth-order valence-corrected chi connectivity index (χ4v) is 2.23. The Morgan fingerprint density at radius 2 is 1.71 bits per heavy atom. The number of Topliss-reactive ketones (excluding diaryl/α,β-unsaturated/α-hetero) is 1. The zero-order chi connectivity index (χ0) is 15.6. The summed E-state index contributed by atoms with van der Waals surface area (Å²) in [7, 11) is 1.66. The second-order valence-corrected chi connectivity index (χ2v) is 6.82. The van der Waals surface area contributed by atoms with E-state index in [1.54, 1.807) is 7.11 Å². The maximum Gasteiger partial charge on any atom is 0.163 e. The molecule has 2 aromatic carbocycles. The van der Waals surface area contributed by atoms with Crippen LogP contribution in [0.25, 0.3) is 10.8 Å². The fraction of sp³-hybridized carbons (Fsp3) is 0.421. The lowest BCUT2D eigenvalue weighted by Crippen LogP contribution is -2.20. The molecule has 0 spiro atoms. The van der Waals surface area contributed by atoms with Gasteiger partial charge in [-0.05, 0) is 40.3 Å². The molecule has 0 aliphatic carbocycles. The lowest BCUT2D eigenvalue weighted by atomic mass is 9.78. The van der Waals surface area contributed by atoms with Gasteiger partial charge < -0.3 is 4.74 Å². The molecule has 0 amide bonds. The topological polar surface area (TPSA) is 26.3 Å². The summed E-state index contributed by atoms with van der Waals surface area (Å²) in [4.78, 5) is 12.4. The molecule has 0 saturated heterocycles. The molecule has 2 aromatic rings. The molecule has 1 atom stereocenters. The van der Waals surface area contributed by atoms with Crippen molar-refractivity contribution in [1.82, 2.24) is 0 Å². The van der Waals surface area contributed by atoms with Gasteiger partial charge in [0.05, 0.1) is 7.11 Å². The Bertz CT molecular complexity index is 650. The molecule has 0 fully saturated rings. The predicted molar refractivity (Wildman–Crippen MR) is 88.1 cm³/mol. The van der Waals surface area contributed by atoms with Crippen LogP contribution in [0, 0.1) is 11.3 Å². The van der Waals surface area contributed by atoms with Crippen LogP contribution < -0.4 is 4.74 Å². The minimum atomic E-state index is 0.153. The van der Waals surface area contributed by atoms with Gasteiger partial charge in [-0.3, -0.25) is 4.79 Å². The Kier molecular flexibility index (Phi) is 4.36. The summed E-state index contributed by atoms with van der Waals surface area (Å²) in [5.41, 5.74) is 0.948. The van der Waals surface area contributed by atoms with Gasteiger partial charge in [0.2, 0.25) is 0 Å². The number of ether oxygens (including phenoxy) is 1. The molecule has 0 aliphatic heterocycles. The number of carbonyl (C=O) groups is 1. The molecule has 1 unspecified atom stereocenters. The van der Waals surface area contributed by atoms with Gasteiger partial charge in [-0.2, -0.15) is 0 Å². The van der Waals surface area contributed by atoms with Crippen molar-refractivity contribution < 1.29 is 9.53 Å². The van der Waals surface area contributed by atoms with Gasteiger partial charge >= 0.3 is 0 Å². The van der Waals surface area contributed by atoms with Gasteiger partial charge in [-0.1, -0.05) is 45.9 Å². The monoisotopic (exact) mass is 284 g/mol. The molecule has 2 nitrogen and oxygen atoms in total. The summed E-state index contributed by atoms with van der Waals surface area (Å²) in [6.45, 7) is 8.68. The first-order valence-electron chi connectivity index (χ1n) is 7.42. The summed E-state index contributed by atoms with van der Waals surface area (Å²) in [6, 6.07) is 11.8. The largest absolute Gasteiger partial charge is 0.497 e. The van der Waals surface area contributed by atoms with E-state index in [0.29, 0.717) is 12.3 Å². The Hall–Kier alpha value is -1.83. The Labute approximate surface area is 127 Å². The number of methoxy groups -OCH3 is 1. The van der Waals surface area contributed by atoms with E-state index in [9.17, 15) is 4.79 Å². The first-order chi connectivity index (χ1) is 9.81. The van der Waals surface area contributed by atoms with Crippen molar-refractivity contribution in [2.75, 3.05) is 7.11 Å². The lowest BCUT2D eigenvalue weighted by molar-refractivity contribution is 0.0927. The van der Waals surface area contributed by atoms with Crippen molar-refractivity contribution in [2.24, 2.45) is 11.3 Å². The summed E-state index contributed by atoms with van der Waals surface area (Å²) in [5.74, 6) is 1.41. The number of carbonyl (C=O) groups excluding carboxylic acids is 1. The third-order valence-electron chi connectivity index (χ3n) is 4.34. The average molecular weight is 284 g/mol. The van der Waals surface area contributed by atoms with E-state index in [0.717, 1.165) is 22.1 Å². The van der Waals surface area contributed by atoms with E-state index in [1.165, 1.54) is 0 Å². The number of rotatable bonds is 4. The van der Waals surface area contributed by atoms with E-state index < -0.39 is 0 Å². The quantitative estimate of drug-likeness (QED) is 0.730. The second kappa shape index (κ2) is 5.88. The molecule has 21 heavy (non-hydrogen) atoms. The zero-order valence-electron chi connectivity index (χ0n) is 13.6. The van der Waals surface area contributed by atoms with E-state index in [4.69, 9.17) is 4.74 Å². The standard InChI is InChI=1S/C19H24O2/c1-13(19(2,3)4)10-18(20)16-7-6-15-12-17(21-5)9-8-14(15)11-16/h6-9,11-13H,10H2,1-5H3. The molecular formula is C19H24O2. The molecule has 0 heterocycles. The third-order valence-corrected chi connectivity index (χ3v) is 4.34. The van der Waals surface area contributed by atoms with E-state index in [1.807, 2.05) is 36.4 Å². The van der Waals surface area contributed by atoms with Crippen molar-refractivity contribution >= 4 is 16.6 Å². The van der Waals surface area contributed by atoms with Gasteiger partial charge in [-0.25, -0.2) is 0 Å². The highest BCUT2D eigenvalue weighted by Gasteiger charge is 2.23. The number of ketones is 1. The summed E-state index contributed by atoms with van der Waals surface area (Å²) >= 11 is 0. The zero-order valence-corrected chi connectivity index (χ0v) is 13.6. The van der Waals surface area contributed by atoms with Crippen LogP contribution in [0.1, 0.15) is 44.5 Å². The highest BCUT2D eigenvalue weighted by molar-refractivity contribution is 6.00. The van der Waals surface area contributed by atoms with Crippen LogP contribution in [0.4, 0.5) is 0 Å². The molecule has 0 N–H and O–H groups in total. The van der Waals surface area contributed by atoms with Gasteiger partial charge in [-0.15, -0.1) is 0 Å². The fourth-order valence-electron chi connectivity index (χ4n) is 2.23. The normalized spacial score (nSPS) is 13.2. The minimum Gasteiger partial charge on any atom is -0.497 e. The first kappa shape index (κ1) is 15.6. The van der Waals surface area contributed by atoms with Crippen molar-refractivity contribution in [2.45, 2.75) is 34.1 Å². The molecule has 0 bridgehead atoms. The maximum absolute atomic E-state index is 12.4. The average Bonchev–Trinajstić information content (AvgIpc) is 2.44. The summed E-state index contributed by atoms with van der Waals surface area (Å²) < 4.78 is 5.22. The van der Waals surface area contributed by atoms with Crippen molar-refractivity contribution in [1.29, 1.82) is 0 Å². The number of hydrogen-bond donors (Lipinski definition) is 0. The van der Waals surface area contributed by atoms with Gasteiger partial charge in [0, 0.05) is 12.0 Å². The molecular weight excluding hydrogens is 260 g/mol. The lowest BCUT2D eigenvalue weighted by Gasteiger charge is -2.26. The maximum atomic E-state index is 12.4. The van der Waals surface area contributed by atoms with Gasteiger partial charge in [0.1, 0.15) is 5.75 Å². The van der Waals surface area contributed by atoms with E-state index in [2.05, 4.69) is 27.7 Å². The first-order valence-corrected chi connectivity index (χ1v) is 7.42. The number of hydrogen-bond acceptors (Lipinski definition) is 2.